The molecule has 0 saturated carbocycles. The fourth-order valence-corrected chi connectivity index (χ4v) is 4.76. The largest absolute Gasteiger partial charge is 0.456 e. The van der Waals surface area contributed by atoms with Crippen molar-refractivity contribution in [2.45, 2.75) is 57.9 Å². The molecule has 1 aromatic rings. The van der Waals surface area contributed by atoms with Gasteiger partial charge >= 0.3 is 5.97 Å². The zero-order valence-electron chi connectivity index (χ0n) is 17.5. The van der Waals surface area contributed by atoms with Crippen LogP contribution in [0.3, 0.4) is 0 Å². The van der Waals surface area contributed by atoms with Crippen LogP contribution < -0.4 is 10.0 Å². The number of esters is 1. The summed E-state index contributed by atoms with van der Waals surface area (Å²) in [6.07, 6.45) is 0.709. The van der Waals surface area contributed by atoms with Crippen LogP contribution in [0.15, 0.2) is 34.2 Å². The zero-order valence-corrected chi connectivity index (χ0v) is 18.4. The number of amidine groups is 1. The number of hydrogen-bond donors (Lipinski definition) is 2. The Bertz CT molecular complexity index is 914. The third-order valence-electron chi connectivity index (χ3n) is 4.06. The summed E-state index contributed by atoms with van der Waals surface area (Å²) in [5, 5.41) is 2.87. The lowest BCUT2D eigenvalue weighted by molar-refractivity contribution is -0.148. The molecule has 2 rings (SSSR count). The van der Waals surface area contributed by atoms with E-state index in [1.165, 1.54) is 6.07 Å². The van der Waals surface area contributed by atoms with Crippen molar-refractivity contribution in [1.29, 1.82) is 0 Å². The summed E-state index contributed by atoms with van der Waals surface area (Å²) in [6.45, 7) is 9.80. The van der Waals surface area contributed by atoms with Crippen LogP contribution in [0.2, 0.25) is 0 Å². The molecule has 0 aliphatic carbocycles. The van der Waals surface area contributed by atoms with Crippen LogP contribution >= 0.6 is 0 Å². The van der Waals surface area contributed by atoms with E-state index >= 15 is 0 Å². The highest BCUT2D eigenvalue weighted by atomic mass is 32.2. The lowest BCUT2D eigenvalue weighted by Gasteiger charge is -2.33. The summed E-state index contributed by atoms with van der Waals surface area (Å²) in [7, 11) is -3.61. The first-order valence-corrected chi connectivity index (χ1v) is 10.9. The molecule has 9 heteroatoms. The Morgan fingerprint density at radius 3 is 2.45 bits per heavy atom. The number of ether oxygens (including phenoxy) is 1. The van der Waals surface area contributed by atoms with Gasteiger partial charge in [0.2, 0.25) is 0 Å². The van der Waals surface area contributed by atoms with E-state index < -0.39 is 21.5 Å². The lowest BCUT2D eigenvalue weighted by atomic mass is 9.82. The Labute approximate surface area is 172 Å². The SMILES string of the molecule is CC(C)(C)CC(C)(C)NC(=O)COC(=O)CCN=C1NS(=O)(=O)c2ccccc21. The predicted octanol–water partition coefficient (Wildman–Crippen LogP) is 1.99. The van der Waals surface area contributed by atoms with Gasteiger partial charge in [-0.05, 0) is 37.8 Å². The molecule has 2 N–H and O–H groups in total. The second-order valence-corrected chi connectivity index (χ2v) is 10.6. The second kappa shape index (κ2) is 8.52. The van der Waals surface area contributed by atoms with E-state index in [-0.39, 0.29) is 41.6 Å². The molecule has 0 fully saturated rings. The fraction of sp³-hybridized carbons (Fsp3) is 0.550. The average molecular weight is 424 g/mol. The summed E-state index contributed by atoms with van der Waals surface area (Å²) in [6, 6.07) is 6.49. The zero-order chi connectivity index (χ0) is 21.9. The molecule has 1 aliphatic rings. The minimum atomic E-state index is -3.61. The Morgan fingerprint density at radius 1 is 1.14 bits per heavy atom. The van der Waals surface area contributed by atoms with Gasteiger partial charge in [-0.2, -0.15) is 0 Å². The molecule has 8 nitrogen and oxygen atoms in total. The van der Waals surface area contributed by atoms with Gasteiger partial charge in [-0.15, -0.1) is 0 Å². The van der Waals surface area contributed by atoms with Crippen molar-refractivity contribution in [3.05, 3.63) is 29.8 Å². The Kier molecular flexibility index (Phi) is 6.72. The van der Waals surface area contributed by atoms with Gasteiger partial charge in [-0.1, -0.05) is 32.9 Å². The first-order chi connectivity index (χ1) is 13.3. The summed E-state index contributed by atoms with van der Waals surface area (Å²) < 4.78 is 31.4. The van der Waals surface area contributed by atoms with E-state index in [0.29, 0.717) is 5.56 Å². The number of sulfonamides is 1. The number of amides is 1. The molecule has 0 saturated heterocycles. The van der Waals surface area contributed by atoms with Gasteiger partial charge in [0.15, 0.2) is 6.61 Å². The average Bonchev–Trinajstić information content (AvgIpc) is 2.81. The number of nitrogens with one attached hydrogen (secondary N) is 2. The monoisotopic (exact) mass is 423 g/mol. The number of aliphatic imine (C=N–C) groups is 1. The molecule has 1 amide bonds. The van der Waals surface area contributed by atoms with E-state index in [4.69, 9.17) is 4.74 Å². The Hall–Kier alpha value is -2.42. The minimum Gasteiger partial charge on any atom is -0.456 e. The number of nitrogens with zero attached hydrogens (tertiary/aromatic N) is 1. The standard InChI is InChI=1S/C20H29N3O5S/c1-19(2,3)13-20(4,5)22-16(24)12-28-17(25)10-11-21-18-14-8-6-7-9-15(14)29(26,27)23-18/h6-9H,10-13H2,1-5H3,(H,21,23)(H,22,24). The number of rotatable bonds is 7. The first-order valence-electron chi connectivity index (χ1n) is 9.42. The topological polar surface area (TPSA) is 114 Å². The van der Waals surface area contributed by atoms with Gasteiger partial charge < -0.3 is 10.1 Å². The maximum Gasteiger partial charge on any atom is 0.308 e. The van der Waals surface area contributed by atoms with E-state index in [9.17, 15) is 18.0 Å². The molecular formula is C20H29N3O5S. The molecule has 0 radical (unpaired) electrons. The van der Waals surface area contributed by atoms with E-state index in [2.05, 4.69) is 35.8 Å². The normalized spacial score (nSPS) is 16.8. The van der Waals surface area contributed by atoms with Crippen molar-refractivity contribution >= 4 is 27.7 Å². The van der Waals surface area contributed by atoms with Crippen LogP contribution in [0.1, 0.15) is 53.0 Å². The van der Waals surface area contributed by atoms with Gasteiger partial charge in [0.05, 0.1) is 17.9 Å². The smallest absolute Gasteiger partial charge is 0.308 e. The van der Waals surface area contributed by atoms with Crippen LogP contribution in [0.25, 0.3) is 0 Å². The molecule has 1 aromatic carbocycles. The molecule has 0 atom stereocenters. The molecule has 1 aliphatic heterocycles. The van der Waals surface area contributed by atoms with E-state index in [0.717, 1.165) is 6.42 Å². The molecular weight excluding hydrogens is 394 g/mol. The van der Waals surface area contributed by atoms with Gasteiger partial charge in [-0.3, -0.25) is 19.3 Å². The van der Waals surface area contributed by atoms with E-state index in [1.54, 1.807) is 18.2 Å². The maximum absolute atomic E-state index is 12.0. The van der Waals surface area contributed by atoms with Crippen molar-refractivity contribution in [2.24, 2.45) is 10.4 Å². The number of benzene rings is 1. The van der Waals surface area contributed by atoms with Crippen LogP contribution in [-0.2, 0) is 24.3 Å². The highest BCUT2D eigenvalue weighted by molar-refractivity contribution is 7.90. The summed E-state index contributed by atoms with van der Waals surface area (Å²) in [4.78, 5) is 28.2. The van der Waals surface area contributed by atoms with Crippen molar-refractivity contribution in [3.8, 4) is 0 Å². The predicted molar refractivity (Wildman–Crippen MR) is 110 cm³/mol. The molecule has 0 bridgehead atoms. The quantitative estimate of drug-likeness (QED) is 0.651. The highest BCUT2D eigenvalue weighted by Gasteiger charge is 2.30. The van der Waals surface area contributed by atoms with Crippen molar-refractivity contribution in [2.75, 3.05) is 13.2 Å². The Balaban J connectivity index is 1.81. The van der Waals surface area contributed by atoms with Gasteiger partial charge in [0.1, 0.15) is 5.84 Å². The molecule has 0 unspecified atom stereocenters. The number of carbonyl (C=O) groups is 2. The van der Waals surface area contributed by atoms with E-state index in [1.807, 2.05) is 13.8 Å². The van der Waals surface area contributed by atoms with Crippen molar-refractivity contribution in [3.63, 3.8) is 0 Å². The third-order valence-corrected chi connectivity index (χ3v) is 5.46. The van der Waals surface area contributed by atoms with Gasteiger partial charge in [-0.25, -0.2) is 8.42 Å². The molecule has 1 heterocycles. The van der Waals surface area contributed by atoms with Crippen LogP contribution in [-0.4, -0.2) is 44.8 Å². The van der Waals surface area contributed by atoms with Crippen LogP contribution in [0, 0.1) is 5.41 Å². The fourth-order valence-electron chi connectivity index (χ4n) is 3.51. The van der Waals surface area contributed by atoms with Crippen LogP contribution in [0.5, 0.6) is 0 Å². The first kappa shape index (κ1) is 22.9. The molecule has 0 aromatic heterocycles. The van der Waals surface area contributed by atoms with Crippen molar-refractivity contribution in [1.82, 2.24) is 10.0 Å². The molecule has 29 heavy (non-hydrogen) atoms. The number of hydrogen-bond acceptors (Lipinski definition) is 6. The molecule has 0 spiro atoms. The third kappa shape index (κ3) is 6.85. The van der Waals surface area contributed by atoms with Crippen LogP contribution in [0.4, 0.5) is 0 Å². The maximum atomic E-state index is 12.0. The summed E-state index contributed by atoms with van der Waals surface area (Å²) in [5.74, 6) is -0.737. The summed E-state index contributed by atoms with van der Waals surface area (Å²) in [5.41, 5.74) is 0.106. The second-order valence-electron chi connectivity index (χ2n) is 8.91. The van der Waals surface area contributed by atoms with Gasteiger partial charge in [0.25, 0.3) is 15.9 Å². The molecule has 160 valence electrons. The summed E-state index contributed by atoms with van der Waals surface area (Å²) >= 11 is 0. The number of carbonyl (C=O) groups excluding carboxylic acids is 2. The minimum absolute atomic E-state index is 0.0438. The lowest BCUT2D eigenvalue weighted by Crippen LogP contribution is -2.47. The highest BCUT2D eigenvalue weighted by Crippen LogP contribution is 2.26. The van der Waals surface area contributed by atoms with Gasteiger partial charge in [0, 0.05) is 11.1 Å². The van der Waals surface area contributed by atoms with Crippen molar-refractivity contribution < 1.29 is 22.7 Å². The Morgan fingerprint density at radius 2 is 1.79 bits per heavy atom. The number of fused-ring (bicyclic) bond motifs is 1.